The van der Waals surface area contributed by atoms with Crippen molar-refractivity contribution in [3.63, 3.8) is 0 Å². The van der Waals surface area contributed by atoms with Crippen molar-refractivity contribution in [1.82, 2.24) is 14.8 Å². The first kappa shape index (κ1) is 17.5. The number of benzene rings is 1. The number of aromatic amines is 1. The molecule has 3 rings (SSSR count). The molecule has 1 atom stereocenters. The van der Waals surface area contributed by atoms with Crippen LogP contribution < -0.4 is 5.73 Å². The fourth-order valence-electron chi connectivity index (χ4n) is 3.42. The largest absolute Gasteiger partial charge is 0.369 e. The quantitative estimate of drug-likeness (QED) is 0.870. The molecule has 2 aromatic rings. The number of nitrogens with zero attached hydrogens (tertiary/aromatic N) is 2. The van der Waals surface area contributed by atoms with Gasteiger partial charge in [-0.2, -0.15) is 0 Å². The Morgan fingerprint density at radius 3 is 2.64 bits per heavy atom. The first-order valence-corrected chi connectivity index (χ1v) is 8.80. The number of para-hydroxylation sites is 1. The topological polar surface area (TPSA) is 82.4 Å². The molecule has 3 N–H and O–H groups in total. The van der Waals surface area contributed by atoms with Gasteiger partial charge in [-0.15, -0.1) is 0 Å². The first-order chi connectivity index (χ1) is 12.0. The average Bonchev–Trinajstić information content (AvgIpc) is 3.05. The Morgan fingerprint density at radius 2 is 2.00 bits per heavy atom. The zero-order chi connectivity index (χ0) is 18.0. The van der Waals surface area contributed by atoms with E-state index in [1.807, 2.05) is 32.2 Å². The Bertz CT molecular complexity index is 729. The minimum absolute atomic E-state index is 0.0249. The summed E-state index contributed by atoms with van der Waals surface area (Å²) in [5.74, 6) is -0.187. The second kappa shape index (κ2) is 7.27. The van der Waals surface area contributed by atoms with Crippen LogP contribution in [0.25, 0.3) is 10.9 Å². The Balaban J connectivity index is 1.59. The van der Waals surface area contributed by atoms with Crippen molar-refractivity contribution in [2.45, 2.75) is 25.8 Å². The normalized spacial score (nSPS) is 17.5. The number of piperidine rings is 1. The number of carbonyl (C=O) groups excluding carboxylic acids is 2. The SMILES string of the molecule is C[C@H](c1cc2ccccc2[nH]1)N(C)C(=O)CN1CCC(C(N)=O)CC1. The van der Waals surface area contributed by atoms with E-state index in [2.05, 4.69) is 22.0 Å². The van der Waals surface area contributed by atoms with Gasteiger partial charge in [0.1, 0.15) is 0 Å². The number of likely N-dealkylation sites (tertiary alicyclic amines) is 1. The highest BCUT2D eigenvalue weighted by Crippen LogP contribution is 2.24. The Morgan fingerprint density at radius 1 is 1.32 bits per heavy atom. The molecule has 0 saturated carbocycles. The third-order valence-electron chi connectivity index (χ3n) is 5.32. The van der Waals surface area contributed by atoms with Crippen LogP contribution >= 0.6 is 0 Å². The van der Waals surface area contributed by atoms with E-state index in [0.717, 1.165) is 42.5 Å². The average molecular weight is 342 g/mol. The van der Waals surface area contributed by atoms with E-state index in [4.69, 9.17) is 5.73 Å². The zero-order valence-electron chi connectivity index (χ0n) is 14.9. The Kier molecular flexibility index (Phi) is 5.08. The van der Waals surface area contributed by atoms with Crippen LogP contribution in [0.5, 0.6) is 0 Å². The minimum atomic E-state index is -0.226. The molecule has 25 heavy (non-hydrogen) atoms. The first-order valence-electron chi connectivity index (χ1n) is 8.80. The molecule has 2 heterocycles. The molecule has 0 aliphatic carbocycles. The number of nitrogens with one attached hydrogen (secondary N) is 1. The molecule has 1 aliphatic heterocycles. The van der Waals surface area contributed by atoms with E-state index >= 15 is 0 Å². The van der Waals surface area contributed by atoms with Gasteiger partial charge in [0.05, 0.1) is 12.6 Å². The fraction of sp³-hybridized carbons (Fsp3) is 0.474. The predicted octanol–water partition coefficient (Wildman–Crippen LogP) is 1.88. The predicted molar refractivity (Wildman–Crippen MR) is 97.8 cm³/mol. The highest BCUT2D eigenvalue weighted by atomic mass is 16.2. The molecule has 134 valence electrons. The van der Waals surface area contributed by atoms with E-state index in [0.29, 0.717) is 6.54 Å². The lowest BCUT2D eigenvalue weighted by molar-refractivity contribution is -0.133. The molecule has 1 fully saturated rings. The molecule has 1 aromatic carbocycles. The van der Waals surface area contributed by atoms with E-state index in [1.165, 1.54) is 0 Å². The van der Waals surface area contributed by atoms with E-state index in [9.17, 15) is 9.59 Å². The van der Waals surface area contributed by atoms with Gasteiger partial charge in [-0.1, -0.05) is 18.2 Å². The van der Waals surface area contributed by atoms with Crippen molar-refractivity contribution in [1.29, 1.82) is 0 Å². The monoisotopic (exact) mass is 342 g/mol. The van der Waals surface area contributed by atoms with E-state index in [1.54, 1.807) is 4.90 Å². The maximum atomic E-state index is 12.6. The maximum absolute atomic E-state index is 12.6. The lowest BCUT2D eigenvalue weighted by Gasteiger charge is -2.32. The molecule has 1 saturated heterocycles. The summed E-state index contributed by atoms with van der Waals surface area (Å²) in [5.41, 5.74) is 7.48. The molecular weight excluding hydrogens is 316 g/mol. The molecular formula is C19H26N4O2. The molecule has 0 unspecified atom stereocenters. The molecule has 6 nitrogen and oxygen atoms in total. The van der Waals surface area contributed by atoms with Crippen LogP contribution in [0.3, 0.4) is 0 Å². The number of nitrogens with two attached hydrogens (primary N) is 1. The van der Waals surface area contributed by atoms with E-state index < -0.39 is 0 Å². The van der Waals surface area contributed by atoms with Crippen LogP contribution in [0.4, 0.5) is 0 Å². The van der Waals surface area contributed by atoms with Crippen molar-refractivity contribution in [3.8, 4) is 0 Å². The fourth-order valence-corrected chi connectivity index (χ4v) is 3.42. The summed E-state index contributed by atoms with van der Waals surface area (Å²) >= 11 is 0. The summed E-state index contributed by atoms with van der Waals surface area (Å²) in [7, 11) is 1.84. The lowest BCUT2D eigenvalue weighted by Crippen LogP contribution is -2.44. The molecule has 6 heteroatoms. The van der Waals surface area contributed by atoms with Crippen LogP contribution in [0.15, 0.2) is 30.3 Å². The second-order valence-electron chi connectivity index (χ2n) is 6.95. The van der Waals surface area contributed by atoms with Crippen molar-refractivity contribution >= 4 is 22.7 Å². The summed E-state index contributed by atoms with van der Waals surface area (Å²) in [5, 5.41) is 1.15. The summed E-state index contributed by atoms with van der Waals surface area (Å²) in [6, 6.07) is 10.2. The molecule has 2 amide bonds. The van der Waals surface area contributed by atoms with Gasteiger partial charge in [-0.3, -0.25) is 14.5 Å². The highest BCUT2D eigenvalue weighted by molar-refractivity contribution is 5.81. The zero-order valence-corrected chi connectivity index (χ0v) is 14.9. The van der Waals surface area contributed by atoms with E-state index in [-0.39, 0.29) is 23.8 Å². The van der Waals surface area contributed by atoms with Gasteiger partial charge in [0.2, 0.25) is 11.8 Å². The number of primary amides is 1. The van der Waals surface area contributed by atoms with Crippen molar-refractivity contribution in [3.05, 3.63) is 36.0 Å². The van der Waals surface area contributed by atoms with Gasteiger partial charge in [0.25, 0.3) is 0 Å². The van der Waals surface area contributed by atoms with Crippen LogP contribution in [0, 0.1) is 5.92 Å². The van der Waals surface area contributed by atoms with Gasteiger partial charge in [0.15, 0.2) is 0 Å². The summed E-state index contributed by atoms with van der Waals surface area (Å²) in [4.78, 5) is 31.2. The number of likely N-dealkylation sites (N-methyl/N-ethyl adjacent to an activating group) is 1. The van der Waals surface area contributed by atoms with Crippen molar-refractivity contribution in [2.75, 3.05) is 26.7 Å². The van der Waals surface area contributed by atoms with Gasteiger partial charge < -0.3 is 15.6 Å². The van der Waals surface area contributed by atoms with Crippen LogP contribution in [-0.4, -0.2) is 53.3 Å². The molecule has 0 bridgehead atoms. The summed E-state index contributed by atoms with van der Waals surface area (Å²) in [6.07, 6.45) is 1.48. The van der Waals surface area contributed by atoms with Gasteiger partial charge in [-0.05, 0) is 50.4 Å². The third-order valence-corrected chi connectivity index (χ3v) is 5.32. The van der Waals surface area contributed by atoms with Crippen molar-refractivity contribution < 1.29 is 9.59 Å². The number of amides is 2. The molecule has 1 aliphatic rings. The Hall–Kier alpha value is -2.34. The number of hydrogen-bond acceptors (Lipinski definition) is 3. The van der Waals surface area contributed by atoms with Gasteiger partial charge in [-0.25, -0.2) is 0 Å². The standard InChI is InChI=1S/C19H26N4O2/c1-13(17-11-15-5-3-4-6-16(15)21-17)22(2)18(24)12-23-9-7-14(8-10-23)19(20)25/h3-6,11,13-14,21H,7-10,12H2,1-2H3,(H2,20,25)/t13-/m1/s1. The highest BCUT2D eigenvalue weighted by Gasteiger charge is 2.26. The molecule has 0 radical (unpaired) electrons. The maximum Gasteiger partial charge on any atom is 0.237 e. The smallest absolute Gasteiger partial charge is 0.237 e. The molecule has 0 spiro atoms. The number of H-pyrrole nitrogens is 1. The summed E-state index contributed by atoms with van der Waals surface area (Å²) < 4.78 is 0. The van der Waals surface area contributed by atoms with Crippen LogP contribution in [0.1, 0.15) is 31.5 Å². The van der Waals surface area contributed by atoms with Gasteiger partial charge in [0, 0.05) is 24.2 Å². The lowest BCUT2D eigenvalue weighted by atomic mass is 9.96. The Labute approximate surface area is 148 Å². The molecule has 1 aromatic heterocycles. The number of hydrogen-bond donors (Lipinski definition) is 2. The third kappa shape index (κ3) is 3.85. The minimum Gasteiger partial charge on any atom is -0.369 e. The van der Waals surface area contributed by atoms with Crippen LogP contribution in [-0.2, 0) is 9.59 Å². The number of fused-ring (bicyclic) bond motifs is 1. The number of carbonyl (C=O) groups is 2. The number of rotatable bonds is 5. The number of aromatic nitrogens is 1. The second-order valence-corrected chi connectivity index (χ2v) is 6.95. The van der Waals surface area contributed by atoms with Gasteiger partial charge >= 0.3 is 0 Å². The summed E-state index contributed by atoms with van der Waals surface area (Å²) in [6.45, 7) is 3.90. The van der Waals surface area contributed by atoms with Crippen LogP contribution in [0.2, 0.25) is 0 Å². The van der Waals surface area contributed by atoms with Crippen molar-refractivity contribution in [2.24, 2.45) is 11.7 Å².